The maximum atomic E-state index is 9.11. The number of hydrogen-bond acceptors (Lipinski definition) is 1. The van der Waals surface area contributed by atoms with Gasteiger partial charge in [0.05, 0.1) is 6.07 Å². The highest BCUT2D eigenvalue weighted by Gasteiger charge is 2.32. The number of rotatable bonds is 4. The second kappa shape index (κ2) is 5.56. The lowest BCUT2D eigenvalue weighted by molar-refractivity contribution is 0.209. The van der Waals surface area contributed by atoms with Gasteiger partial charge >= 0.3 is 0 Å². The largest absolute Gasteiger partial charge is 0.193 e. The third-order valence-electron chi connectivity index (χ3n) is 3.46. The van der Waals surface area contributed by atoms with Crippen molar-refractivity contribution in [2.75, 3.05) is 5.88 Å². The van der Waals surface area contributed by atoms with Crippen LogP contribution in [0.2, 0.25) is 0 Å². The molecule has 0 radical (unpaired) electrons. The Balaban J connectivity index is 2.72. The summed E-state index contributed by atoms with van der Waals surface area (Å²) in [4.78, 5) is 0. The molecule has 0 aromatic rings. The van der Waals surface area contributed by atoms with Gasteiger partial charge in [-0.3, -0.25) is 0 Å². The van der Waals surface area contributed by atoms with Crippen LogP contribution in [0.3, 0.4) is 0 Å². The third-order valence-corrected chi connectivity index (χ3v) is 3.73. The van der Waals surface area contributed by atoms with Gasteiger partial charge in [-0.15, -0.1) is 11.6 Å². The number of halogens is 1. The van der Waals surface area contributed by atoms with Crippen molar-refractivity contribution < 1.29 is 0 Å². The molecule has 1 rings (SSSR count). The van der Waals surface area contributed by atoms with Crippen LogP contribution in [0, 0.1) is 22.7 Å². The molecule has 0 saturated carbocycles. The van der Waals surface area contributed by atoms with E-state index in [1.54, 1.807) is 0 Å². The molecule has 0 aliphatic heterocycles. The molecule has 15 heavy (non-hydrogen) atoms. The van der Waals surface area contributed by atoms with Crippen molar-refractivity contribution in [2.45, 2.75) is 46.0 Å². The molecule has 0 aromatic heterocycles. The monoisotopic (exact) mass is 225 g/mol. The maximum Gasteiger partial charge on any atom is 0.0946 e. The SMILES string of the molecule is CC(C)(CCCCl)C1CCCC=C1C#N. The van der Waals surface area contributed by atoms with Crippen LogP contribution in [0.15, 0.2) is 11.6 Å². The van der Waals surface area contributed by atoms with Gasteiger partial charge < -0.3 is 0 Å². The number of nitrogens with zero attached hydrogens (tertiary/aromatic N) is 1. The second-order valence-corrected chi connectivity index (χ2v) is 5.41. The van der Waals surface area contributed by atoms with Gasteiger partial charge in [0, 0.05) is 11.5 Å². The van der Waals surface area contributed by atoms with Crippen LogP contribution in [0.5, 0.6) is 0 Å². The minimum atomic E-state index is 0.219. The number of allylic oxidation sites excluding steroid dienone is 2. The Morgan fingerprint density at radius 1 is 1.60 bits per heavy atom. The molecule has 0 saturated heterocycles. The van der Waals surface area contributed by atoms with Crippen LogP contribution < -0.4 is 0 Å². The molecule has 2 heteroatoms. The summed E-state index contributed by atoms with van der Waals surface area (Å²) in [5.74, 6) is 1.17. The lowest BCUT2D eigenvalue weighted by Gasteiger charge is -2.36. The molecule has 1 nitrogen and oxygen atoms in total. The standard InChI is InChI=1S/C13H20ClN/c1-13(2,8-5-9-14)12-7-4-3-6-11(12)10-15/h6,12H,3-5,7-9H2,1-2H3. The van der Waals surface area contributed by atoms with E-state index in [-0.39, 0.29) is 5.41 Å². The third kappa shape index (κ3) is 3.24. The van der Waals surface area contributed by atoms with E-state index in [9.17, 15) is 0 Å². The molecule has 1 aliphatic rings. The predicted octanol–water partition coefficient (Wildman–Crippen LogP) is 4.28. The Hall–Kier alpha value is -0.480. The van der Waals surface area contributed by atoms with Gasteiger partial charge in [-0.2, -0.15) is 5.26 Å². The van der Waals surface area contributed by atoms with Crippen molar-refractivity contribution in [3.8, 4) is 6.07 Å². The lowest BCUT2D eigenvalue weighted by atomic mass is 9.68. The number of nitriles is 1. The van der Waals surface area contributed by atoms with Gasteiger partial charge in [-0.25, -0.2) is 0 Å². The minimum Gasteiger partial charge on any atom is -0.193 e. The van der Waals surface area contributed by atoms with Gasteiger partial charge in [-0.05, 0) is 43.4 Å². The van der Waals surface area contributed by atoms with Gasteiger partial charge in [-0.1, -0.05) is 19.9 Å². The number of hydrogen-bond donors (Lipinski definition) is 0. The zero-order valence-corrected chi connectivity index (χ0v) is 10.5. The van der Waals surface area contributed by atoms with E-state index in [0.717, 1.165) is 37.1 Å². The van der Waals surface area contributed by atoms with E-state index in [1.165, 1.54) is 6.42 Å². The van der Waals surface area contributed by atoms with Gasteiger partial charge in [0.2, 0.25) is 0 Å². The highest BCUT2D eigenvalue weighted by atomic mass is 35.5. The number of alkyl halides is 1. The van der Waals surface area contributed by atoms with Crippen molar-refractivity contribution in [3.63, 3.8) is 0 Å². The van der Waals surface area contributed by atoms with Gasteiger partial charge in [0.1, 0.15) is 0 Å². The van der Waals surface area contributed by atoms with Crippen LogP contribution in [0.25, 0.3) is 0 Å². The molecule has 1 unspecified atom stereocenters. The summed E-state index contributed by atoms with van der Waals surface area (Å²) in [5.41, 5.74) is 1.22. The summed E-state index contributed by atoms with van der Waals surface area (Å²) in [6.07, 6.45) is 7.74. The van der Waals surface area contributed by atoms with E-state index in [0.29, 0.717) is 5.92 Å². The molecule has 0 spiro atoms. The van der Waals surface area contributed by atoms with Gasteiger partial charge in [0.15, 0.2) is 0 Å². The van der Waals surface area contributed by atoms with Crippen molar-refractivity contribution in [1.29, 1.82) is 5.26 Å². The zero-order chi connectivity index (χ0) is 11.3. The molecule has 0 heterocycles. The fourth-order valence-corrected chi connectivity index (χ4v) is 2.64. The quantitative estimate of drug-likeness (QED) is 0.655. The first-order valence-corrected chi connectivity index (χ1v) is 6.31. The Morgan fingerprint density at radius 2 is 2.33 bits per heavy atom. The van der Waals surface area contributed by atoms with E-state index < -0.39 is 0 Å². The Kier molecular flexibility index (Phi) is 4.67. The van der Waals surface area contributed by atoms with Crippen molar-refractivity contribution in [3.05, 3.63) is 11.6 Å². The molecule has 0 amide bonds. The van der Waals surface area contributed by atoms with Crippen LogP contribution >= 0.6 is 11.6 Å². The molecule has 0 fully saturated rings. The fraction of sp³-hybridized carbons (Fsp3) is 0.769. The average Bonchev–Trinajstić information content (AvgIpc) is 2.26. The van der Waals surface area contributed by atoms with Crippen molar-refractivity contribution in [2.24, 2.45) is 11.3 Å². The first-order chi connectivity index (χ1) is 7.11. The summed E-state index contributed by atoms with van der Waals surface area (Å²) in [6.45, 7) is 4.53. The van der Waals surface area contributed by atoms with E-state index in [2.05, 4.69) is 26.0 Å². The molecule has 0 aromatic carbocycles. The van der Waals surface area contributed by atoms with Gasteiger partial charge in [0.25, 0.3) is 0 Å². The summed E-state index contributed by atoms with van der Waals surface area (Å²) in [7, 11) is 0. The predicted molar refractivity (Wildman–Crippen MR) is 64.8 cm³/mol. The van der Waals surface area contributed by atoms with E-state index in [4.69, 9.17) is 16.9 Å². The topological polar surface area (TPSA) is 23.8 Å². The zero-order valence-electron chi connectivity index (χ0n) is 9.72. The van der Waals surface area contributed by atoms with Crippen LogP contribution in [-0.4, -0.2) is 5.88 Å². The molecule has 1 aliphatic carbocycles. The van der Waals surface area contributed by atoms with Crippen molar-refractivity contribution in [1.82, 2.24) is 0 Å². The normalized spacial score (nSPS) is 22.0. The maximum absolute atomic E-state index is 9.11. The Bertz CT molecular complexity index is 273. The first kappa shape index (κ1) is 12.6. The molecule has 84 valence electrons. The second-order valence-electron chi connectivity index (χ2n) is 5.04. The van der Waals surface area contributed by atoms with Crippen molar-refractivity contribution >= 4 is 11.6 Å². The summed E-state index contributed by atoms with van der Waals surface area (Å²) in [5, 5.41) is 9.11. The minimum absolute atomic E-state index is 0.219. The molecule has 0 bridgehead atoms. The highest BCUT2D eigenvalue weighted by Crippen LogP contribution is 2.42. The van der Waals surface area contributed by atoms with Crippen LogP contribution in [-0.2, 0) is 0 Å². The molecular formula is C13H20ClN. The van der Waals surface area contributed by atoms with Crippen LogP contribution in [0.4, 0.5) is 0 Å². The lowest BCUT2D eigenvalue weighted by Crippen LogP contribution is -2.27. The molecular weight excluding hydrogens is 206 g/mol. The Labute approximate surface area is 98.1 Å². The molecule has 0 N–H and O–H groups in total. The van der Waals surface area contributed by atoms with Crippen LogP contribution in [0.1, 0.15) is 46.0 Å². The fourth-order valence-electron chi connectivity index (χ4n) is 2.51. The molecule has 1 atom stereocenters. The summed E-state index contributed by atoms with van der Waals surface area (Å²) >= 11 is 5.74. The van der Waals surface area contributed by atoms with E-state index >= 15 is 0 Å². The smallest absolute Gasteiger partial charge is 0.0946 e. The highest BCUT2D eigenvalue weighted by molar-refractivity contribution is 6.17. The average molecular weight is 226 g/mol. The van der Waals surface area contributed by atoms with E-state index in [1.807, 2.05) is 0 Å². The summed E-state index contributed by atoms with van der Waals surface area (Å²) < 4.78 is 0. The Morgan fingerprint density at radius 3 is 2.93 bits per heavy atom. The summed E-state index contributed by atoms with van der Waals surface area (Å²) in [6, 6.07) is 2.36. The first-order valence-electron chi connectivity index (χ1n) is 5.78.